The van der Waals surface area contributed by atoms with Crippen LogP contribution in [0.5, 0.6) is 5.75 Å². The van der Waals surface area contributed by atoms with Crippen molar-refractivity contribution in [3.8, 4) is 5.75 Å². The van der Waals surface area contributed by atoms with Crippen molar-refractivity contribution in [2.75, 3.05) is 23.4 Å². The number of fused-ring (bicyclic) bond motifs is 1. The van der Waals surface area contributed by atoms with Crippen molar-refractivity contribution < 1.29 is 9.53 Å². The van der Waals surface area contributed by atoms with Crippen LogP contribution in [0, 0.1) is 6.92 Å². The Morgan fingerprint density at radius 3 is 2.79 bits per heavy atom. The van der Waals surface area contributed by atoms with Crippen molar-refractivity contribution in [2.24, 2.45) is 0 Å². The number of nitrogens with zero attached hydrogens (tertiary/aromatic N) is 3. The second-order valence-corrected chi connectivity index (χ2v) is 6.93. The first-order chi connectivity index (χ1) is 14.2. The molecule has 0 atom stereocenters. The number of rotatable bonds is 5. The number of hydrogen-bond donors (Lipinski definition) is 1. The number of hydrogen-bond acceptors (Lipinski definition) is 5. The minimum atomic E-state index is -0.283. The first-order valence-corrected chi connectivity index (χ1v) is 9.90. The monoisotopic (exact) mass is 388 g/mol. The molecule has 1 aliphatic rings. The molecular weight excluding hydrogens is 364 g/mol. The van der Waals surface area contributed by atoms with Crippen LogP contribution >= 0.6 is 0 Å². The first-order valence-electron chi connectivity index (χ1n) is 9.90. The van der Waals surface area contributed by atoms with Crippen LogP contribution in [0.3, 0.4) is 0 Å². The quantitative estimate of drug-likeness (QED) is 0.696. The number of nitrogens with one attached hydrogen (secondary N) is 1. The van der Waals surface area contributed by atoms with E-state index in [0.29, 0.717) is 29.6 Å². The molecule has 4 rings (SSSR count). The highest BCUT2D eigenvalue weighted by Gasteiger charge is 2.21. The summed E-state index contributed by atoms with van der Waals surface area (Å²) >= 11 is 0. The summed E-state index contributed by atoms with van der Waals surface area (Å²) in [5.41, 5.74) is 3.40. The van der Waals surface area contributed by atoms with Crippen LogP contribution in [0.15, 0.2) is 54.6 Å². The van der Waals surface area contributed by atoms with E-state index in [4.69, 9.17) is 4.74 Å². The van der Waals surface area contributed by atoms with Crippen molar-refractivity contribution in [2.45, 2.75) is 26.7 Å². The van der Waals surface area contributed by atoms with Gasteiger partial charge in [0, 0.05) is 18.3 Å². The predicted octanol–water partition coefficient (Wildman–Crippen LogP) is 4.52. The van der Waals surface area contributed by atoms with E-state index in [2.05, 4.69) is 38.4 Å². The Balaban J connectivity index is 1.64. The van der Waals surface area contributed by atoms with Gasteiger partial charge in [-0.3, -0.25) is 4.79 Å². The maximum Gasteiger partial charge on any atom is 0.274 e. The third-order valence-corrected chi connectivity index (χ3v) is 4.88. The minimum Gasteiger partial charge on any atom is -0.492 e. The molecule has 6 nitrogen and oxygen atoms in total. The summed E-state index contributed by atoms with van der Waals surface area (Å²) in [4.78, 5) is 24.1. The number of aryl methyl sites for hydroxylation is 2. The molecule has 1 aromatic heterocycles. The van der Waals surface area contributed by atoms with Crippen molar-refractivity contribution in [1.29, 1.82) is 0 Å². The zero-order valence-corrected chi connectivity index (χ0v) is 16.7. The zero-order valence-electron chi connectivity index (χ0n) is 16.7. The van der Waals surface area contributed by atoms with Crippen LogP contribution in [-0.4, -0.2) is 29.0 Å². The van der Waals surface area contributed by atoms with Crippen molar-refractivity contribution in [3.63, 3.8) is 0 Å². The van der Waals surface area contributed by atoms with Gasteiger partial charge in [0.05, 0.1) is 12.3 Å². The van der Waals surface area contributed by atoms with Gasteiger partial charge in [0.15, 0.2) is 0 Å². The topological polar surface area (TPSA) is 67.3 Å². The lowest BCUT2D eigenvalue weighted by Crippen LogP contribution is -2.26. The second-order valence-electron chi connectivity index (χ2n) is 6.93. The van der Waals surface area contributed by atoms with Crippen molar-refractivity contribution >= 4 is 23.1 Å². The fourth-order valence-corrected chi connectivity index (χ4v) is 3.62. The molecular formula is C23H24N4O2. The Hall–Kier alpha value is -3.41. The van der Waals surface area contributed by atoms with E-state index in [1.165, 1.54) is 5.56 Å². The van der Waals surface area contributed by atoms with Gasteiger partial charge >= 0.3 is 0 Å². The first kappa shape index (κ1) is 18.9. The predicted molar refractivity (Wildman–Crippen MR) is 114 cm³/mol. The molecule has 0 saturated heterocycles. The number of carbonyl (C=O) groups is 1. The number of ether oxygens (including phenoxy) is 1. The Kier molecular flexibility index (Phi) is 5.42. The summed E-state index contributed by atoms with van der Waals surface area (Å²) < 4.78 is 5.60. The highest BCUT2D eigenvalue weighted by molar-refractivity contribution is 6.04. The lowest BCUT2D eigenvalue weighted by molar-refractivity contribution is 0.102. The average Bonchev–Trinajstić information content (AvgIpc) is 2.74. The Morgan fingerprint density at radius 2 is 1.93 bits per heavy atom. The maximum absolute atomic E-state index is 12.9. The smallest absolute Gasteiger partial charge is 0.274 e. The fraction of sp³-hybridized carbons (Fsp3) is 0.261. The third kappa shape index (κ3) is 4.06. The summed E-state index contributed by atoms with van der Waals surface area (Å²) in [6.07, 6.45) is 2.10. The van der Waals surface area contributed by atoms with Gasteiger partial charge in [0.1, 0.15) is 23.1 Å². The molecule has 1 amide bonds. The summed E-state index contributed by atoms with van der Waals surface area (Å²) in [6.45, 7) is 5.11. The lowest BCUT2D eigenvalue weighted by atomic mass is 10.0. The number of aromatic nitrogens is 2. The van der Waals surface area contributed by atoms with Gasteiger partial charge in [-0.2, -0.15) is 0 Å². The van der Waals surface area contributed by atoms with Gasteiger partial charge in [0.25, 0.3) is 5.91 Å². The van der Waals surface area contributed by atoms with Crippen LogP contribution in [0.4, 0.5) is 17.2 Å². The molecule has 2 aromatic carbocycles. The molecule has 29 heavy (non-hydrogen) atoms. The van der Waals surface area contributed by atoms with Gasteiger partial charge in [-0.1, -0.05) is 30.3 Å². The number of benzene rings is 2. The highest BCUT2D eigenvalue weighted by atomic mass is 16.5. The standard InChI is InChI=1S/C23H24N4O2/c1-3-29-21-13-7-5-11-18(21)26-23(28)19-15-22(25-16(2)24-19)27-14-8-10-17-9-4-6-12-20(17)27/h4-7,9,11-13,15H,3,8,10,14H2,1-2H3,(H,26,28). The van der Waals surface area contributed by atoms with Gasteiger partial charge in [-0.15, -0.1) is 0 Å². The van der Waals surface area contributed by atoms with E-state index in [1.807, 2.05) is 44.2 Å². The molecule has 3 aromatic rings. The molecule has 0 spiro atoms. The van der Waals surface area contributed by atoms with Crippen LogP contribution in [0.25, 0.3) is 0 Å². The number of anilines is 3. The molecule has 0 aliphatic carbocycles. The average molecular weight is 388 g/mol. The van der Waals surface area contributed by atoms with Crippen LogP contribution in [0.2, 0.25) is 0 Å². The minimum absolute atomic E-state index is 0.283. The maximum atomic E-state index is 12.9. The normalized spacial score (nSPS) is 13.0. The van der Waals surface area contributed by atoms with Gasteiger partial charge < -0.3 is 15.0 Å². The molecule has 2 heterocycles. The third-order valence-electron chi connectivity index (χ3n) is 4.88. The summed E-state index contributed by atoms with van der Waals surface area (Å²) in [5.74, 6) is 1.66. The summed E-state index contributed by atoms with van der Waals surface area (Å²) in [5, 5.41) is 2.92. The largest absolute Gasteiger partial charge is 0.492 e. The van der Waals surface area contributed by atoms with E-state index < -0.39 is 0 Å². The molecule has 6 heteroatoms. The molecule has 0 unspecified atom stereocenters. The van der Waals surface area contributed by atoms with Gasteiger partial charge in [0.2, 0.25) is 0 Å². The lowest BCUT2D eigenvalue weighted by Gasteiger charge is -2.30. The SMILES string of the molecule is CCOc1ccccc1NC(=O)c1cc(N2CCCc3ccccc32)nc(C)n1. The molecule has 1 aliphatic heterocycles. The van der Waals surface area contributed by atoms with Crippen LogP contribution < -0.4 is 15.0 Å². The summed E-state index contributed by atoms with van der Waals surface area (Å²) in [7, 11) is 0. The van der Waals surface area contributed by atoms with Crippen LogP contribution in [0.1, 0.15) is 35.2 Å². The molecule has 148 valence electrons. The van der Waals surface area contributed by atoms with E-state index in [0.717, 1.165) is 30.9 Å². The second kappa shape index (κ2) is 8.31. The van der Waals surface area contributed by atoms with E-state index in [9.17, 15) is 4.79 Å². The molecule has 0 saturated carbocycles. The number of amides is 1. The van der Waals surface area contributed by atoms with Crippen molar-refractivity contribution in [1.82, 2.24) is 9.97 Å². The Labute approximate surface area is 170 Å². The molecule has 0 bridgehead atoms. The Morgan fingerprint density at radius 1 is 1.14 bits per heavy atom. The van der Waals surface area contributed by atoms with Crippen LogP contribution in [-0.2, 0) is 6.42 Å². The molecule has 0 fully saturated rings. The van der Waals surface area contributed by atoms with E-state index >= 15 is 0 Å². The zero-order chi connectivity index (χ0) is 20.2. The van der Waals surface area contributed by atoms with E-state index in [1.54, 1.807) is 6.07 Å². The molecule has 0 radical (unpaired) electrons. The fourth-order valence-electron chi connectivity index (χ4n) is 3.62. The van der Waals surface area contributed by atoms with Gasteiger partial charge in [-0.25, -0.2) is 9.97 Å². The Bertz CT molecular complexity index is 1030. The number of para-hydroxylation sites is 3. The number of carbonyl (C=O) groups excluding carboxylic acids is 1. The van der Waals surface area contributed by atoms with E-state index in [-0.39, 0.29) is 5.91 Å². The van der Waals surface area contributed by atoms with Crippen molar-refractivity contribution in [3.05, 3.63) is 71.7 Å². The van der Waals surface area contributed by atoms with Gasteiger partial charge in [-0.05, 0) is 50.5 Å². The summed E-state index contributed by atoms with van der Waals surface area (Å²) in [6, 6.07) is 17.5. The molecule has 1 N–H and O–H groups in total. The highest BCUT2D eigenvalue weighted by Crippen LogP contribution is 2.32.